The molecule has 0 aromatic heterocycles. The van der Waals surface area contributed by atoms with Gasteiger partial charge in [-0.2, -0.15) is 0 Å². The van der Waals surface area contributed by atoms with E-state index in [0.29, 0.717) is 5.75 Å². The van der Waals surface area contributed by atoms with Gasteiger partial charge in [0.15, 0.2) is 0 Å². The molecule has 4 heteroatoms. The molecular formula is C7H12BO3. The van der Waals surface area contributed by atoms with Gasteiger partial charge < -0.3 is 16.1 Å². The van der Waals surface area contributed by atoms with Gasteiger partial charge in [-0.3, -0.25) is 0 Å². The third-order valence-corrected chi connectivity index (χ3v) is 1.20. The van der Waals surface area contributed by atoms with Gasteiger partial charge in [0, 0.05) is 0 Å². The third kappa shape index (κ3) is 3.65. The normalized spacial score (nSPS) is 7.36. The van der Waals surface area contributed by atoms with Crippen molar-refractivity contribution in [3.8, 4) is 5.75 Å². The first-order valence-electron chi connectivity index (χ1n) is 2.91. The molecule has 0 amide bonds. The second kappa shape index (κ2) is 5.76. The predicted octanol–water partition coefficient (Wildman–Crippen LogP) is -0.880. The summed E-state index contributed by atoms with van der Waals surface area (Å²) in [6, 6.07) is 7.15. The van der Waals surface area contributed by atoms with Gasteiger partial charge >= 0.3 is 0 Å². The minimum atomic E-state index is 0. The van der Waals surface area contributed by atoms with Gasteiger partial charge in [0.2, 0.25) is 0 Å². The zero-order chi connectivity index (χ0) is 6.69. The van der Waals surface area contributed by atoms with Crippen LogP contribution in [0.4, 0.5) is 0 Å². The minimum absolute atomic E-state index is 0. The van der Waals surface area contributed by atoms with Gasteiger partial charge in [0.1, 0.15) is 13.0 Å². The second-order valence-corrected chi connectivity index (χ2v) is 1.88. The highest BCUT2D eigenvalue weighted by Crippen LogP contribution is 2.01. The van der Waals surface area contributed by atoms with Crippen LogP contribution in [0.2, 0.25) is 6.82 Å². The summed E-state index contributed by atoms with van der Waals surface area (Å²) < 4.78 is 0. The Morgan fingerprint density at radius 3 is 2.27 bits per heavy atom. The molecule has 0 bridgehead atoms. The maximum absolute atomic E-state index is 8.92. The van der Waals surface area contributed by atoms with Crippen LogP contribution in [0.15, 0.2) is 24.3 Å². The molecule has 0 heterocycles. The topological polar surface area (TPSA) is 83.2 Å². The SMILES string of the molecule is C[B]c1cccc(O)c1.O.O. The fraction of sp³-hybridized carbons (Fsp3) is 0.143. The van der Waals surface area contributed by atoms with Crippen LogP contribution >= 0.6 is 0 Å². The Balaban J connectivity index is 0. The van der Waals surface area contributed by atoms with Crippen LogP contribution in [0.3, 0.4) is 0 Å². The van der Waals surface area contributed by atoms with E-state index in [-0.39, 0.29) is 11.0 Å². The molecule has 0 saturated carbocycles. The van der Waals surface area contributed by atoms with Crippen molar-refractivity contribution >= 4 is 12.7 Å². The van der Waals surface area contributed by atoms with E-state index in [0.717, 1.165) is 5.46 Å². The van der Waals surface area contributed by atoms with Crippen molar-refractivity contribution in [2.24, 2.45) is 0 Å². The second-order valence-electron chi connectivity index (χ2n) is 1.88. The van der Waals surface area contributed by atoms with E-state index in [4.69, 9.17) is 5.11 Å². The lowest BCUT2D eigenvalue weighted by molar-refractivity contribution is 0.476. The summed E-state index contributed by atoms with van der Waals surface area (Å²) in [5.74, 6) is 0.325. The number of aromatic hydroxyl groups is 1. The summed E-state index contributed by atoms with van der Waals surface area (Å²) in [5.41, 5.74) is 1.05. The number of rotatable bonds is 1. The Morgan fingerprint density at radius 2 is 1.91 bits per heavy atom. The molecule has 0 atom stereocenters. The molecule has 1 radical (unpaired) electrons. The molecule has 61 valence electrons. The minimum Gasteiger partial charge on any atom is -0.508 e. The van der Waals surface area contributed by atoms with E-state index >= 15 is 0 Å². The molecule has 5 N–H and O–H groups in total. The van der Waals surface area contributed by atoms with E-state index in [9.17, 15) is 0 Å². The monoisotopic (exact) mass is 155 g/mol. The van der Waals surface area contributed by atoms with Crippen molar-refractivity contribution < 1.29 is 16.1 Å². The highest BCUT2D eigenvalue weighted by molar-refractivity contribution is 6.51. The molecule has 0 unspecified atom stereocenters. The maximum Gasteiger partial charge on any atom is 0.148 e. The van der Waals surface area contributed by atoms with Crippen molar-refractivity contribution in [3.05, 3.63) is 24.3 Å². The average molecular weight is 155 g/mol. The molecule has 0 saturated heterocycles. The summed E-state index contributed by atoms with van der Waals surface area (Å²) in [6.45, 7) is 1.94. The van der Waals surface area contributed by atoms with Gasteiger partial charge in [-0.05, 0) is 12.1 Å². The summed E-state index contributed by atoms with van der Waals surface area (Å²) in [5, 5.41) is 8.92. The maximum atomic E-state index is 8.92. The average Bonchev–Trinajstić information content (AvgIpc) is 1.88. The number of hydrogen-bond donors (Lipinski definition) is 1. The molecule has 0 aliphatic heterocycles. The summed E-state index contributed by atoms with van der Waals surface area (Å²) in [4.78, 5) is 0. The first-order valence-corrected chi connectivity index (χ1v) is 2.91. The Kier molecular flexibility index (Phi) is 6.63. The van der Waals surface area contributed by atoms with E-state index in [1.54, 1.807) is 12.1 Å². The summed E-state index contributed by atoms with van der Waals surface area (Å²) in [7, 11) is 1.94. The van der Waals surface area contributed by atoms with E-state index in [1.165, 1.54) is 0 Å². The van der Waals surface area contributed by atoms with Crippen molar-refractivity contribution in [3.63, 3.8) is 0 Å². The van der Waals surface area contributed by atoms with Crippen molar-refractivity contribution in [2.75, 3.05) is 0 Å². The lowest BCUT2D eigenvalue weighted by Crippen LogP contribution is -2.08. The Morgan fingerprint density at radius 1 is 1.27 bits per heavy atom. The number of hydrogen-bond acceptors (Lipinski definition) is 1. The van der Waals surface area contributed by atoms with Gasteiger partial charge in [-0.15, -0.1) is 0 Å². The first kappa shape index (κ1) is 12.7. The standard InChI is InChI=1S/C7H8BO.2H2O/c1-8-6-3-2-4-7(9)5-6;;/h2-5,9H,1H3;2*1H2. The lowest BCUT2D eigenvalue weighted by Gasteiger charge is -1.93. The number of benzene rings is 1. The largest absolute Gasteiger partial charge is 0.508 e. The Labute approximate surface area is 66.5 Å². The van der Waals surface area contributed by atoms with Crippen LogP contribution in [0, 0.1) is 0 Å². The molecule has 0 aliphatic carbocycles. The van der Waals surface area contributed by atoms with Crippen LogP contribution in [-0.2, 0) is 0 Å². The third-order valence-electron chi connectivity index (χ3n) is 1.20. The predicted molar refractivity (Wildman–Crippen MR) is 46.6 cm³/mol. The highest BCUT2D eigenvalue weighted by Gasteiger charge is 1.89. The van der Waals surface area contributed by atoms with Crippen molar-refractivity contribution in [2.45, 2.75) is 6.82 Å². The van der Waals surface area contributed by atoms with Gasteiger partial charge in [-0.25, -0.2) is 0 Å². The Bertz CT molecular complexity index is 203. The van der Waals surface area contributed by atoms with E-state index < -0.39 is 0 Å². The first-order chi connectivity index (χ1) is 4.33. The molecular weight excluding hydrogens is 143 g/mol. The van der Waals surface area contributed by atoms with Crippen LogP contribution in [0.5, 0.6) is 5.75 Å². The highest BCUT2D eigenvalue weighted by atomic mass is 16.3. The van der Waals surface area contributed by atoms with Crippen LogP contribution in [-0.4, -0.2) is 23.3 Å². The molecule has 0 fully saturated rings. The smallest absolute Gasteiger partial charge is 0.148 e. The van der Waals surface area contributed by atoms with Gasteiger partial charge in [0.25, 0.3) is 0 Å². The quantitative estimate of drug-likeness (QED) is 0.524. The molecule has 1 aromatic carbocycles. The van der Waals surface area contributed by atoms with Gasteiger partial charge in [0.05, 0.1) is 0 Å². The van der Waals surface area contributed by atoms with Gasteiger partial charge in [-0.1, -0.05) is 24.4 Å². The molecule has 3 nitrogen and oxygen atoms in total. The van der Waals surface area contributed by atoms with Crippen LogP contribution in [0.1, 0.15) is 0 Å². The fourth-order valence-electron chi connectivity index (χ4n) is 0.704. The number of phenols is 1. The van der Waals surface area contributed by atoms with Crippen LogP contribution < -0.4 is 5.46 Å². The zero-order valence-electron chi connectivity index (χ0n) is 6.33. The van der Waals surface area contributed by atoms with E-state index in [2.05, 4.69) is 0 Å². The molecule has 0 spiro atoms. The van der Waals surface area contributed by atoms with Crippen molar-refractivity contribution in [1.82, 2.24) is 0 Å². The molecule has 0 aliphatic rings. The summed E-state index contributed by atoms with van der Waals surface area (Å²) >= 11 is 0. The number of phenolic OH excluding ortho intramolecular Hbond substituents is 1. The Hall–Kier alpha value is -0.995. The van der Waals surface area contributed by atoms with Crippen LogP contribution in [0.25, 0.3) is 0 Å². The van der Waals surface area contributed by atoms with Crippen molar-refractivity contribution in [1.29, 1.82) is 0 Å². The summed E-state index contributed by atoms with van der Waals surface area (Å²) in [6.07, 6.45) is 0. The molecule has 11 heavy (non-hydrogen) atoms. The lowest BCUT2D eigenvalue weighted by atomic mass is 9.73. The molecule has 1 rings (SSSR count). The fourth-order valence-corrected chi connectivity index (χ4v) is 0.704. The zero-order valence-corrected chi connectivity index (χ0v) is 6.33. The van der Waals surface area contributed by atoms with E-state index in [1.807, 2.05) is 26.2 Å². The molecule has 1 aromatic rings.